The van der Waals surface area contributed by atoms with Gasteiger partial charge in [-0.1, -0.05) is 174 Å². The summed E-state index contributed by atoms with van der Waals surface area (Å²) >= 11 is 1.84. The molecule has 0 bridgehead atoms. The summed E-state index contributed by atoms with van der Waals surface area (Å²) in [5, 5.41) is 4.90. The number of hydrogen-bond acceptors (Lipinski definition) is 4. The van der Waals surface area contributed by atoms with Crippen LogP contribution < -0.4 is 0 Å². The van der Waals surface area contributed by atoms with Gasteiger partial charge in [-0.05, 0) is 104 Å². The van der Waals surface area contributed by atoms with E-state index in [9.17, 15) is 0 Å². The Hall–Kier alpha value is -7.99. The molecule has 3 heterocycles. The van der Waals surface area contributed by atoms with Crippen molar-refractivity contribution in [1.29, 1.82) is 0 Å². The van der Waals surface area contributed by atoms with Gasteiger partial charge in [0.15, 0.2) is 17.5 Å². The minimum atomic E-state index is 0.604. The second kappa shape index (κ2) is 15.9. The summed E-state index contributed by atoms with van der Waals surface area (Å²) in [4.78, 5) is 15.9. The second-order valence-corrected chi connectivity index (χ2v) is 18.7. The van der Waals surface area contributed by atoms with Gasteiger partial charge < -0.3 is 4.57 Å². The van der Waals surface area contributed by atoms with Gasteiger partial charge in [-0.25, -0.2) is 15.0 Å². The predicted octanol–water partition coefficient (Wildman–Crippen LogP) is 16.6. The number of thiophene rings is 1. The molecule has 12 rings (SSSR count). The van der Waals surface area contributed by atoms with Crippen molar-refractivity contribution in [3.63, 3.8) is 0 Å². The van der Waals surface area contributed by atoms with Crippen molar-refractivity contribution in [3.8, 4) is 73.2 Å². The van der Waals surface area contributed by atoms with Gasteiger partial charge in [-0.15, -0.1) is 11.3 Å². The van der Waals surface area contributed by atoms with E-state index < -0.39 is 0 Å². The zero-order valence-corrected chi connectivity index (χ0v) is 38.0. The highest BCUT2D eigenvalue weighted by atomic mass is 32.1. The third-order valence-electron chi connectivity index (χ3n) is 12.8. The van der Waals surface area contributed by atoms with Crippen LogP contribution in [0.1, 0.15) is 22.3 Å². The van der Waals surface area contributed by atoms with Crippen LogP contribution in [0.3, 0.4) is 0 Å². The van der Waals surface area contributed by atoms with Gasteiger partial charge in [0.2, 0.25) is 0 Å². The molecule has 0 aliphatic heterocycles. The first-order chi connectivity index (χ1) is 32.3. The highest BCUT2D eigenvalue weighted by Gasteiger charge is 2.22. The molecule has 0 spiro atoms. The Kier molecular flexibility index (Phi) is 9.55. The minimum absolute atomic E-state index is 0.604. The molecule has 3 aromatic heterocycles. The van der Waals surface area contributed by atoms with Crippen molar-refractivity contribution >= 4 is 53.3 Å². The molecule has 0 saturated heterocycles. The number of nitrogens with zero attached hydrogens (tertiary/aromatic N) is 4. The lowest BCUT2D eigenvalue weighted by molar-refractivity contribution is 1.06. The molecule has 0 aliphatic rings. The maximum absolute atomic E-state index is 5.38. The van der Waals surface area contributed by atoms with Crippen LogP contribution in [0.25, 0.3) is 115 Å². The highest BCUT2D eigenvalue weighted by Crippen LogP contribution is 2.42. The van der Waals surface area contributed by atoms with Crippen molar-refractivity contribution in [2.45, 2.75) is 27.7 Å². The molecule has 0 radical (unpaired) electrons. The molecule has 0 N–H and O–H groups in total. The Bertz CT molecular complexity index is 3650. The van der Waals surface area contributed by atoms with Crippen molar-refractivity contribution in [2.24, 2.45) is 0 Å². The van der Waals surface area contributed by atoms with E-state index in [0.29, 0.717) is 17.5 Å². The lowest BCUT2D eigenvalue weighted by Gasteiger charge is -2.17. The summed E-state index contributed by atoms with van der Waals surface area (Å²) in [6.07, 6.45) is 0. The molecule has 0 atom stereocenters. The van der Waals surface area contributed by atoms with Gasteiger partial charge in [0, 0.05) is 47.6 Å². The molecule has 4 nitrogen and oxygen atoms in total. The molecule has 0 saturated carbocycles. The van der Waals surface area contributed by atoms with Crippen LogP contribution in [0.15, 0.2) is 194 Å². The number of benzene rings is 9. The topological polar surface area (TPSA) is 43.6 Å². The van der Waals surface area contributed by atoms with E-state index in [2.05, 4.69) is 190 Å². The molecule has 0 unspecified atom stereocenters. The summed E-state index contributed by atoms with van der Waals surface area (Å²) in [5.41, 5.74) is 17.9. The Labute approximate surface area is 388 Å². The monoisotopic (exact) mass is 864 g/mol. The zero-order chi connectivity index (χ0) is 44.5. The van der Waals surface area contributed by atoms with Gasteiger partial charge >= 0.3 is 0 Å². The van der Waals surface area contributed by atoms with Crippen molar-refractivity contribution in [2.75, 3.05) is 0 Å². The molecular weight excluding hydrogens is 821 g/mol. The van der Waals surface area contributed by atoms with Gasteiger partial charge in [0.25, 0.3) is 0 Å². The average molecular weight is 865 g/mol. The van der Waals surface area contributed by atoms with Crippen LogP contribution in [-0.4, -0.2) is 19.5 Å². The zero-order valence-electron chi connectivity index (χ0n) is 37.2. The number of aromatic nitrogens is 4. The maximum Gasteiger partial charge on any atom is 0.166 e. The van der Waals surface area contributed by atoms with E-state index >= 15 is 0 Å². The van der Waals surface area contributed by atoms with E-state index in [-0.39, 0.29) is 0 Å². The smallest absolute Gasteiger partial charge is 0.166 e. The summed E-state index contributed by atoms with van der Waals surface area (Å²) in [7, 11) is 0. The fraction of sp³-hybridized carbons (Fsp3) is 0.0656. The SMILES string of the molecule is Cc1cc(C)cc(-c2ccc3c4ccc(-c5cc(C)cc(C)c5)cc4n(-c4ccc(-c5ccc6sc7ccccc7c6c5)cc4-c4nc(-c5ccccc5)nc(-c5ccccc5)n4)c3c2)c1. The standard InChI is InChI=1S/C61H44N4S/c1-37-27-38(2)30-47(29-37)45-19-23-49-50-24-20-46(48-31-39(3)28-40(4)32-48)36-56(50)65(55(49)35-45)54-25-21-43(44-22-26-58-52(33-44)51-17-11-12-18-57(51)66-58)34-53(54)61-63-59(41-13-7-5-8-14-41)62-60(64-61)42-15-9-6-10-16-42/h5-36H,1-4H3. The Balaban J connectivity index is 1.18. The van der Waals surface area contributed by atoms with Gasteiger partial charge in [-0.3, -0.25) is 0 Å². The van der Waals surface area contributed by atoms with E-state index in [1.807, 2.05) is 47.7 Å². The van der Waals surface area contributed by atoms with E-state index in [0.717, 1.165) is 44.5 Å². The van der Waals surface area contributed by atoms with Crippen LogP contribution in [-0.2, 0) is 0 Å². The number of rotatable bonds is 7. The summed E-state index contributed by atoms with van der Waals surface area (Å²) in [6, 6.07) is 70.4. The minimum Gasteiger partial charge on any atom is -0.308 e. The average Bonchev–Trinajstić information content (AvgIpc) is 3.88. The van der Waals surface area contributed by atoms with E-state index in [1.54, 1.807) is 0 Å². The quantitative estimate of drug-likeness (QED) is 0.160. The molecule has 66 heavy (non-hydrogen) atoms. The summed E-state index contributed by atoms with van der Waals surface area (Å²) < 4.78 is 5.02. The van der Waals surface area contributed by atoms with Gasteiger partial charge in [0.1, 0.15) is 0 Å². The fourth-order valence-electron chi connectivity index (χ4n) is 9.84. The third kappa shape index (κ3) is 7.05. The second-order valence-electron chi connectivity index (χ2n) is 17.6. The molecule has 5 heteroatoms. The molecule has 0 amide bonds. The molecule has 0 fully saturated rings. The van der Waals surface area contributed by atoms with Crippen LogP contribution >= 0.6 is 11.3 Å². The molecule has 314 valence electrons. The first-order valence-electron chi connectivity index (χ1n) is 22.5. The van der Waals surface area contributed by atoms with Crippen LogP contribution in [0.2, 0.25) is 0 Å². The largest absolute Gasteiger partial charge is 0.308 e. The van der Waals surface area contributed by atoms with Crippen molar-refractivity contribution < 1.29 is 0 Å². The normalized spacial score (nSPS) is 11.6. The Morgan fingerprint density at radius 3 is 1.35 bits per heavy atom. The highest BCUT2D eigenvalue weighted by molar-refractivity contribution is 7.25. The van der Waals surface area contributed by atoms with Gasteiger partial charge in [0.05, 0.1) is 16.7 Å². The molecular formula is C61H44N4S. The lowest BCUT2D eigenvalue weighted by atomic mass is 9.98. The van der Waals surface area contributed by atoms with Crippen LogP contribution in [0, 0.1) is 27.7 Å². The summed E-state index contributed by atoms with van der Waals surface area (Å²) in [5.74, 6) is 1.85. The van der Waals surface area contributed by atoms with E-state index in [4.69, 9.17) is 15.0 Å². The number of aryl methyl sites for hydroxylation is 4. The summed E-state index contributed by atoms with van der Waals surface area (Å²) in [6.45, 7) is 8.70. The Morgan fingerprint density at radius 2 is 0.773 bits per heavy atom. The number of hydrogen-bond donors (Lipinski definition) is 0. The third-order valence-corrected chi connectivity index (χ3v) is 13.9. The maximum atomic E-state index is 5.38. The predicted molar refractivity (Wildman–Crippen MR) is 279 cm³/mol. The Morgan fingerprint density at radius 1 is 0.318 bits per heavy atom. The first kappa shape index (κ1) is 39.6. The first-order valence-corrected chi connectivity index (χ1v) is 23.3. The lowest BCUT2D eigenvalue weighted by Crippen LogP contribution is -2.04. The van der Waals surface area contributed by atoms with Crippen molar-refractivity contribution in [1.82, 2.24) is 19.5 Å². The molecule has 9 aromatic carbocycles. The van der Waals surface area contributed by atoms with Crippen LogP contribution in [0.5, 0.6) is 0 Å². The van der Waals surface area contributed by atoms with Gasteiger partial charge in [-0.2, -0.15) is 0 Å². The molecule has 0 aliphatic carbocycles. The van der Waals surface area contributed by atoms with E-state index in [1.165, 1.54) is 75.5 Å². The van der Waals surface area contributed by atoms with Crippen LogP contribution in [0.4, 0.5) is 0 Å². The number of fused-ring (bicyclic) bond motifs is 6. The fourth-order valence-corrected chi connectivity index (χ4v) is 10.9. The van der Waals surface area contributed by atoms with Crippen molar-refractivity contribution in [3.05, 3.63) is 216 Å². The molecule has 12 aromatic rings.